The lowest BCUT2D eigenvalue weighted by Gasteiger charge is -2.16. The smallest absolute Gasteiger partial charge is 0.408 e. The maximum absolute atomic E-state index is 12.7. The van der Waals surface area contributed by atoms with Crippen molar-refractivity contribution < 1.29 is 12.8 Å². The van der Waals surface area contributed by atoms with Gasteiger partial charge in [-0.3, -0.25) is 4.57 Å². The molecule has 0 bridgehead atoms. The van der Waals surface area contributed by atoms with Gasteiger partial charge in [0, 0.05) is 35.2 Å². The first-order chi connectivity index (χ1) is 13.1. The van der Waals surface area contributed by atoms with Crippen molar-refractivity contribution in [3.63, 3.8) is 0 Å². The van der Waals surface area contributed by atoms with Crippen molar-refractivity contribution in [1.82, 2.24) is 24.2 Å². The number of rotatable bonds is 6. The zero-order chi connectivity index (χ0) is 20.6. The highest BCUT2D eigenvalue weighted by Crippen LogP contribution is 2.18. The molecule has 0 saturated carbocycles. The Labute approximate surface area is 161 Å². The molecule has 3 aromatic rings. The molecular formula is C16H21N7O4S. The second-order valence-corrected chi connectivity index (χ2v) is 8.29. The number of aryl methyl sites for hydroxylation is 1. The SMILES string of the molecule is CN(C)c1nc(CNS(=O)(=O)c2ccc3oc(=O)n(C)c3c2)nc(N(C)C)n1. The van der Waals surface area contributed by atoms with Gasteiger partial charge in [0.15, 0.2) is 11.4 Å². The maximum atomic E-state index is 12.7. The number of aromatic nitrogens is 4. The van der Waals surface area contributed by atoms with Crippen LogP contribution in [-0.4, -0.2) is 56.1 Å². The van der Waals surface area contributed by atoms with Crippen molar-refractivity contribution >= 4 is 33.0 Å². The van der Waals surface area contributed by atoms with Gasteiger partial charge in [-0.25, -0.2) is 17.9 Å². The van der Waals surface area contributed by atoms with Crippen molar-refractivity contribution in [3.05, 3.63) is 34.6 Å². The van der Waals surface area contributed by atoms with Gasteiger partial charge >= 0.3 is 5.76 Å². The number of benzene rings is 1. The minimum absolute atomic E-state index is 0.00567. The zero-order valence-electron chi connectivity index (χ0n) is 16.2. The van der Waals surface area contributed by atoms with Crippen LogP contribution in [0.1, 0.15) is 5.82 Å². The van der Waals surface area contributed by atoms with Crippen molar-refractivity contribution in [2.45, 2.75) is 11.4 Å². The first-order valence-electron chi connectivity index (χ1n) is 8.27. The number of anilines is 2. The molecule has 0 atom stereocenters. The second kappa shape index (κ2) is 7.20. The Morgan fingerprint density at radius 1 is 1.07 bits per heavy atom. The number of oxazole rings is 1. The van der Waals surface area contributed by atoms with Crippen LogP contribution in [0.2, 0.25) is 0 Å². The number of nitrogens with zero attached hydrogens (tertiary/aromatic N) is 6. The molecule has 0 saturated heterocycles. The average Bonchev–Trinajstić information content (AvgIpc) is 2.93. The predicted octanol–water partition coefficient (Wildman–Crippen LogP) is -0.0730. The molecule has 2 heterocycles. The fraction of sp³-hybridized carbons (Fsp3) is 0.375. The van der Waals surface area contributed by atoms with E-state index >= 15 is 0 Å². The Bertz CT molecular complexity index is 1160. The molecule has 2 aromatic heterocycles. The third kappa shape index (κ3) is 3.82. The maximum Gasteiger partial charge on any atom is 0.419 e. The van der Waals surface area contributed by atoms with Gasteiger partial charge in [-0.1, -0.05) is 0 Å². The van der Waals surface area contributed by atoms with Gasteiger partial charge in [0.05, 0.1) is 17.0 Å². The Balaban J connectivity index is 1.89. The number of sulfonamides is 1. The number of hydrogen-bond acceptors (Lipinski definition) is 9. The topological polar surface area (TPSA) is 126 Å². The Hall–Kier alpha value is -2.99. The summed E-state index contributed by atoms with van der Waals surface area (Å²) >= 11 is 0. The number of nitrogens with one attached hydrogen (secondary N) is 1. The van der Waals surface area contributed by atoms with Crippen LogP contribution in [0.25, 0.3) is 11.1 Å². The fourth-order valence-corrected chi connectivity index (χ4v) is 3.39. The van der Waals surface area contributed by atoms with E-state index in [0.717, 1.165) is 0 Å². The molecule has 150 valence electrons. The molecular weight excluding hydrogens is 386 g/mol. The summed E-state index contributed by atoms with van der Waals surface area (Å²) in [6, 6.07) is 4.20. The van der Waals surface area contributed by atoms with Crippen LogP contribution in [0, 0.1) is 0 Å². The van der Waals surface area contributed by atoms with Gasteiger partial charge in [0.25, 0.3) is 0 Å². The van der Waals surface area contributed by atoms with E-state index in [2.05, 4.69) is 19.7 Å². The molecule has 28 heavy (non-hydrogen) atoms. The summed E-state index contributed by atoms with van der Waals surface area (Å²) in [6.07, 6.45) is 0. The molecule has 0 aliphatic heterocycles. The number of hydrogen-bond donors (Lipinski definition) is 1. The highest BCUT2D eigenvalue weighted by atomic mass is 32.2. The third-order valence-corrected chi connectivity index (χ3v) is 5.35. The Morgan fingerprint density at radius 2 is 1.68 bits per heavy atom. The lowest BCUT2D eigenvalue weighted by molar-refractivity contribution is 0.528. The molecule has 0 unspecified atom stereocenters. The van der Waals surface area contributed by atoms with Crippen molar-refractivity contribution in [3.8, 4) is 0 Å². The van der Waals surface area contributed by atoms with Crippen molar-refractivity contribution in [2.75, 3.05) is 38.0 Å². The normalized spacial score (nSPS) is 11.8. The standard InChI is InChI=1S/C16H21N7O4S/c1-21(2)14-18-13(19-15(20-14)22(3)4)9-17-28(25,26)10-6-7-12-11(8-10)23(5)16(24)27-12/h6-8,17H,9H2,1-5H3. The molecule has 0 radical (unpaired) electrons. The van der Waals surface area contributed by atoms with Gasteiger partial charge in [-0.15, -0.1) is 0 Å². The molecule has 12 heteroatoms. The summed E-state index contributed by atoms with van der Waals surface area (Å²) in [5.74, 6) is 0.559. The van der Waals surface area contributed by atoms with Crippen LogP contribution < -0.4 is 20.3 Å². The molecule has 3 rings (SSSR count). The zero-order valence-corrected chi connectivity index (χ0v) is 17.0. The third-order valence-electron chi connectivity index (χ3n) is 3.95. The summed E-state index contributed by atoms with van der Waals surface area (Å²) in [6.45, 7) is -0.116. The number of fused-ring (bicyclic) bond motifs is 1. The molecule has 1 N–H and O–H groups in total. The predicted molar refractivity (Wildman–Crippen MR) is 104 cm³/mol. The van der Waals surface area contributed by atoms with E-state index in [1.54, 1.807) is 38.0 Å². The molecule has 0 spiro atoms. The van der Waals surface area contributed by atoms with E-state index in [1.807, 2.05) is 0 Å². The van der Waals surface area contributed by atoms with Crippen LogP contribution in [0.3, 0.4) is 0 Å². The molecule has 0 fully saturated rings. The van der Waals surface area contributed by atoms with Crippen molar-refractivity contribution in [1.29, 1.82) is 0 Å². The van der Waals surface area contributed by atoms with E-state index in [9.17, 15) is 13.2 Å². The van der Waals surface area contributed by atoms with Crippen molar-refractivity contribution in [2.24, 2.45) is 7.05 Å². The summed E-state index contributed by atoms with van der Waals surface area (Å²) < 4.78 is 34.1. The molecule has 1 aromatic carbocycles. The molecule has 11 nitrogen and oxygen atoms in total. The first kappa shape index (κ1) is 19.8. The van der Waals surface area contributed by atoms with Crippen LogP contribution in [0.4, 0.5) is 11.9 Å². The summed E-state index contributed by atoms with van der Waals surface area (Å²) in [5, 5.41) is 0. The lowest BCUT2D eigenvalue weighted by Crippen LogP contribution is -2.26. The quantitative estimate of drug-likeness (QED) is 0.597. The second-order valence-electron chi connectivity index (χ2n) is 6.52. The summed E-state index contributed by atoms with van der Waals surface area (Å²) in [7, 11) is 4.79. The van der Waals surface area contributed by atoms with Gasteiger partial charge in [0.1, 0.15) is 0 Å². The first-order valence-corrected chi connectivity index (χ1v) is 9.75. The van der Waals surface area contributed by atoms with Crippen LogP contribution in [0.5, 0.6) is 0 Å². The van der Waals surface area contributed by atoms with Gasteiger partial charge < -0.3 is 14.2 Å². The van der Waals surface area contributed by atoms with Gasteiger partial charge in [-0.05, 0) is 18.2 Å². The monoisotopic (exact) mass is 407 g/mol. The average molecular weight is 407 g/mol. The van der Waals surface area contributed by atoms with E-state index in [4.69, 9.17) is 4.42 Å². The largest absolute Gasteiger partial charge is 0.419 e. The van der Waals surface area contributed by atoms with Gasteiger partial charge in [0.2, 0.25) is 21.9 Å². The van der Waals surface area contributed by atoms with Crippen LogP contribution in [0.15, 0.2) is 32.3 Å². The highest BCUT2D eigenvalue weighted by molar-refractivity contribution is 7.89. The Kier molecular flexibility index (Phi) is 5.08. The summed E-state index contributed by atoms with van der Waals surface area (Å²) in [5.41, 5.74) is 0.702. The van der Waals surface area contributed by atoms with E-state index in [0.29, 0.717) is 23.0 Å². The van der Waals surface area contributed by atoms with Crippen LogP contribution in [-0.2, 0) is 23.6 Å². The van der Waals surface area contributed by atoms with Gasteiger partial charge in [-0.2, -0.15) is 15.0 Å². The van der Waals surface area contributed by atoms with Crippen LogP contribution >= 0.6 is 0 Å². The minimum atomic E-state index is -3.86. The molecule has 0 aliphatic rings. The fourth-order valence-electron chi connectivity index (χ4n) is 2.39. The summed E-state index contributed by atoms with van der Waals surface area (Å²) in [4.78, 5) is 27.8. The lowest BCUT2D eigenvalue weighted by atomic mass is 10.3. The van der Waals surface area contributed by atoms with E-state index < -0.39 is 15.8 Å². The molecule has 0 amide bonds. The van der Waals surface area contributed by atoms with E-state index in [-0.39, 0.29) is 17.3 Å². The van der Waals surface area contributed by atoms with E-state index in [1.165, 1.54) is 29.8 Å². The molecule has 0 aliphatic carbocycles. The Morgan fingerprint density at radius 3 is 2.25 bits per heavy atom. The highest BCUT2D eigenvalue weighted by Gasteiger charge is 2.18. The minimum Gasteiger partial charge on any atom is -0.408 e.